The number of hydrogen-bond acceptors (Lipinski definition) is 5. The van der Waals surface area contributed by atoms with Crippen LogP contribution in [0.2, 0.25) is 0 Å². The Morgan fingerprint density at radius 1 is 1.46 bits per heavy atom. The molecule has 0 aromatic carbocycles. The highest BCUT2D eigenvalue weighted by atomic mass is 15.5. The van der Waals surface area contributed by atoms with Crippen LogP contribution < -0.4 is 5.73 Å². The summed E-state index contributed by atoms with van der Waals surface area (Å²) in [5, 5.41) is 11.8. The van der Waals surface area contributed by atoms with Gasteiger partial charge in [-0.1, -0.05) is 0 Å². The van der Waals surface area contributed by atoms with Crippen LogP contribution in [0.1, 0.15) is 5.82 Å². The Hall–Kier alpha value is -1.92. The number of nitrogens with zero attached hydrogens (tertiary/aromatic N) is 6. The first kappa shape index (κ1) is 7.71. The standard InChI is InChI=1S/C6H9N7/c1-12-6(8-4-10-12)3-13-9-2-5(7)11-13/h2,4H,3H2,1H3,(H2,7,11). The van der Waals surface area contributed by atoms with Gasteiger partial charge in [-0.2, -0.15) is 15.0 Å². The van der Waals surface area contributed by atoms with Crippen molar-refractivity contribution in [1.29, 1.82) is 0 Å². The summed E-state index contributed by atoms with van der Waals surface area (Å²) >= 11 is 0. The zero-order chi connectivity index (χ0) is 9.26. The van der Waals surface area contributed by atoms with Crippen LogP contribution in [0.25, 0.3) is 0 Å². The van der Waals surface area contributed by atoms with Gasteiger partial charge < -0.3 is 5.73 Å². The number of rotatable bonds is 2. The molecule has 0 aliphatic carbocycles. The van der Waals surface area contributed by atoms with Crippen molar-refractivity contribution in [3.63, 3.8) is 0 Å². The minimum absolute atomic E-state index is 0.405. The summed E-state index contributed by atoms with van der Waals surface area (Å²) in [5.41, 5.74) is 5.41. The van der Waals surface area contributed by atoms with Gasteiger partial charge in [-0.25, -0.2) is 4.98 Å². The molecule has 0 unspecified atom stereocenters. The molecule has 0 amide bonds. The van der Waals surface area contributed by atoms with Gasteiger partial charge in [0.05, 0.1) is 6.20 Å². The lowest BCUT2D eigenvalue weighted by molar-refractivity contribution is 0.547. The van der Waals surface area contributed by atoms with Gasteiger partial charge in [0.1, 0.15) is 18.7 Å². The van der Waals surface area contributed by atoms with Crippen LogP contribution in [0.3, 0.4) is 0 Å². The number of anilines is 1. The molecule has 0 spiro atoms. The Balaban J connectivity index is 2.19. The van der Waals surface area contributed by atoms with Crippen LogP contribution in [0, 0.1) is 0 Å². The van der Waals surface area contributed by atoms with Crippen LogP contribution in [0.4, 0.5) is 5.82 Å². The highest BCUT2D eigenvalue weighted by molar-refractivity contribution is 5.19. The fourth-order valence-electron chi connectivity index (χ4n) is 0.977. The molecule has 0 bridgehead atoms. The lowest BCUT2D eigenvalue weighted by Crippen LogP contribution is -2.09. The number of hydrogen-bond donors (Lipinski definition) is 1. The zero-order valence-electron chi connectivity index (χ0n) is 7.12. The number of nitrogens with two attached hydrogens (primary N) is 1. The first-order chi connectivity index (χ1) is 6.25. The maximum atomic E-state index is 5.41. The predicted octanol–water partition coefficient (Wildman–Crippen LogP) is -0.963. The molecule has 0 fully saturated rings. The van der Waals surface area contributed by atoms with E-state index < -0.39 is 0 Å². The molecular weight excluding hydrogens is 170 g/mol. The molecule has 0 aliphatic heterocycles. The minimum atomic E-state index is 0.405. The van der Waals surface area contributed by atoms with E-state index in [2.05, 4.69) is 20.3 Å². The second kappa shape index (κ2) is 2.85. The average Bonchev–Trinajstić information content (AvgIpc) is 2.64. The van der Waals surface area contributed by atoms with Gasteiger partial charge in [-0.3, -0.25) is 4.68 Å². The van der Waals surface area contributed by atoms with E-state index in [1.54, 1.807) is 4.68 Å². The fraction of sp³-hybridized carbons (Fsp3) is 0.333. The Labute approximate surface area is 74.2 Å². The molecule has 2 rings (SSSR count). The van der Waals surface area contributed by atoms with E-state index in [1.807, 2.05) is 7.05 Å². The van der Waals surface area contributed by atoms with E-state index >= 15 is 0 Å². The Morgan fingerprint density at radius 2 is 2.31 bits per heavy atom. The van der Waals surface area contributed by atoms with E-state index in [-0.39, 0.29) is 0 Å². The molecule has 7 nitrogen and oxygen atoms in total. The molecule has 13 heavy (non-hydrogen) atoms. The number of aromatic nitrogens is 6. The van der Waals surface area contributed by atoms with Crippen molar-refractivity contribution in [2.75, 3.05) is 5.73 Å². The van der Waals surface area contributed by atoms with Gasteiger partial charge >= 0.3 is 0 Å². The summed E-state index contributed by atoms with van der Waals surface area (Å²) in [5.74, 6) is 1.19. The van der Waals surface area contributed by atoms with Crippen molar-refractivity contribution < 1.29 is 0 Å². The second-order valence-corrected chi connectivity index (χ2v) is 2.60. The van der Waals surface area contributed by atoms with Crippen LogP contribution in [0.5, 0.6) is 0 Å². The molecule has 0 aliphatic rings. The van der Waals surface area contributed by atoms with Crippen molar-refractivity contribution in [2.24, 2.45) is 7.05 Å². The molecule has 0 saturated carbocycles. The molecule has 0 saturated heterocycles. The third-order valence-electron chi connectivity index (χ3n) is 1.64. The van der Waals surface area contributed by atoms with Crippen molar-refractivity contribution in [1.82, 2.24) is 29.8 Å². The van der Waals surface area contributed by atoms with Crippen LogP contribution in [-0.4, -0.2) is 29.8 Å². The Morgan fingerprint density at radius 3 is 2.85 bits per heavy atom. The van der Waals surface area contributed by atoms with Gasteiger partial charge in [0, 0.05) is 7.05 Å². The van der Waals surface area contributed by atoms with Crippen molar-refractivity contribution in [3.05, 3.63) is 18.3 Å². The van der Waals surface area contributed by atoms with Crippen LogP contribution in [0.15, 0.2) is 12.5 Å². The topological polar surface area (TPSA) is 87.4 Å². The second-order valence-electron chi connectivity index (χ2n) is 2.60. The molecule has 0 atom stereocenters. The first-order valence-corrected chi connectivity index (χ1v) is 3.74. The van der Waals surface area contributed by atoms with Gasteiger partial charge in [-0.05, 0) is 0 Å². The van der Waals surface area contributed by atoms with Gasteiger partial charge in [0.25, 0.3) is 0 Å². The molecule has 68 valence electrons. The lowest BCUT2D eigenvalue weighted by Gasteiger charge is -1.97. The summed E-state index contributed by atoms with van der Waals surface area (Å²) in [7, 11) is 1.81. The molecule has 2 N–H and O–H groups in total. The largest absolute Gasteiger partial charge is 0.381 e. The third-order valence-corrected chi connectivity index (χ3v) is 1.64. The van der Waals surface area contributed by atoms with E-state index in [9.17, 15) is 0 Å². The number of aryl methyl sites for hydroxylation is 1. The van der Waals surface area contributed by atoms with E-state index in [4.69, 9.17) is 5.73 Å². The van der Waals surface area contributed by atoms with Crippen molar-refractivity contribution in [3.8, 4) is 0 Å². The Kier molecular flexibility index (Phi) is 1.69. The Bertz CT molecular complexity index is 401. The van der Waals surface area contributed by atoms with E-state index in [1.165, 1.54) is 17.3 Å². The summed E-state index contributed by atoms with van der Waals surface area (Å²) in [6, 6.07) is 0. The molecule has 7 heteroatoms. The third kappa shape index (κ3) is 1.48. The maximum absolute atomic E-state index is 5.41. The smallest absolute Gasteiger partial charge is 0.165 e. The van der Waals surface area contributed by atoms with Crippen LogP contribution in [-0.2, 0) is 13.6 Å². The summed E-state index contributed by atoms with van der Waals surface area (Å²) in [6.07, 6.45) is 2.98. The SMILES string of the molecule is Cn1ncnc1Cn1ncc(N)n1. The summed E-state index contributed by atoms with van der Waals surface area (Å²) in [6.45, 7) is 0.480. The monoisotopic (exact) mass is 179 g/mol. The molecular formula is C6H9N7. The molecule has 2 aromatic heterocycles. The number of nitrogen functional groups attached to an aromatic ring is 1. The molecule has 0 radical (unpaired) electrons. The van der Waals surface area contributed by atoms with Gasteiger partial charge in [0.2, 0.25) is 0 Å². The molecule has 2 aromatic rings. The quantitative estimate of drug-likeness (QED) is 0.641. The zero-order valence-corrected chi connectivity index (χ0v) is 7.12. The summed E-state index contributed by atoms with van der Waals surface area (Å²) < 4.78 is 1.67. The van der Waals surface area contributed by atoms with Crippen molar-refractivity contribution >= 4 is 5.82 Å². The van der Waals surface area contributed by atoms with Gasteiger partial charge in [0.15, 0.2) is 5.82 Å². The highest BCUT2D eigenvalue weighted by Gasteiger charge is 2.03. The van der Waals surface area contributed by atoms with Crippen LogP contribution >= 0.6 is 0 Å². The molecule has 2 heterocycles. The predicted molar refractivity (Wildman–Crippen MR) is 44.5 cm³/mol. The van der Waals surface area contributed by atoms with Gasteiger partial charge in [-0.15, -0.1) is 5.10 Å². The lowest BCUT2D eigenvalue weighted by atomic mass is 10.6. The van der Waals surface area contributed by atoms with E-state index in [0.717, 1.165) is 5.82 Å². The first-order valence-electron chi connectivity index (χ1n) is 3.74. The summed E-state index contributed by atoms with van der Waals surface area (Å²) in [4.78, 5) is 5.50. The minimum Gasteiger partial charge on any atom is -0.381 e. The maximum Gasteiger partial charge on any atom is 0.165 e. The fourth-order valence-corrected chi connectivity index (χ4v) is 0.977. The normalized spacial score (nSPS) is 10.5. The van der Waals surface area contributed by atoms with Crippen molar-refractivity contribution in [2.45, 2.75) is 6.54 Å². The highest BCUT2D eigenvalue weighted by Crippen LogP contribution is 1.96. The average molecular weight is 179 g/mol. The van der Waals surface area contributed by atoms with E-state index in [0.29, 0.717) is 12.4 Å².